The molecule has 0 amide bonds. The topological polar surface area (TPSA) is 125 Å². The van der Waals surface area contributed by atoms with E-state index in [9.17, 15) is 14.4 Å². The highest BCUT2D eigenvalue weighted by Gasteiger charge is 2.54. The average Bonchev–Trinajstić information content (AvgIpc) is 3.91. The van der Waals surface area contributed by atoms with Gasteiger partial charge >= 0.3 is 17.9 Å². The molecule has 7 rings (SSSR count). The molecule has 314 valence electrons. The lowest BCUT2D eigenvalue weighted by Crippen LogP contribution is -2.36. The van der Waals surface area contributed by atoms with Gasteiger partial charge in [0.2, 0.25) is 12.5 Å². The van der Waals surface area contributed by atoms with E-state index in [2.05, 4.69) is 52.0 Å². The molecular weight excluding hydrogens is 753 g/mol. The Balaban J connectivity index is 0.910. The van der Waals surface area contributed by atoms with E-state index in [4.69, 9.17) is 37.9 Å². The number of carbonyl (C=O) groups excluding carboxylic acids is 3. The summed E-state index contributed by atoms with van der Waals surface area (Å²) in [7, 11) is 4.64. The lowest BCUT2D eigenvalue weighted by atomic mass is 9.66. The van der Waals surface area contributed by atoms with Crippen LogP contribution in [0.3, 0.4) is 0 Å². The summed E-state index contributed by atoms with van der Waals surface area (Å²) in [6.07, 6.45) is 5.01. The molecule has 0 bridgehead atoms. The monoisotopic (exact) mass is 808 g/mol. The van der Waals surface area contributed by atoms with Crippen LogP contribution in [0.2, 0.25) is 0 Å². The molecule has 11 nitrogen and oxygen atoms in total. The molecule has 2 heterocycles. The Morgan fingerprint density at radius 1 is 0.746 bits per heavy atom. The van der Waals surface area contributed by atoms with Crippen molar-refractivity contribution < 1.29 is 52.3 Å². The first-order valence-electron chi connectivity index (χ1n) is 20.8. The van der Waals surface area contributed by atoms with Gasteiger partial charge in [-0.1, -0.05) is 57.7 Å². The number of cyclic esters (lactones) is 1. The number of carbonyl (C=O) groups is 3. The molecule has 2 unspecified atom stereocenters. The fraction of sp³-hybridized carbons (Fsp3) is 0.479. The molecule has 5 aliphatic rings. The molecule has 3 aliphatic carbocycles. The molecule has 2 aliphatic heterocycles. The van der Waals surface area contributed by atoms with Crippen LogP contribution in [0.4, 0.5) is 0 Å². The van der Waals surface area contributed by atoms with Crippen LogP contribution >= 0.6 is 0 Å². The van der Waals surface area contributed by atoms with Crippen molar-refractivity contribution in [2.24, 2.45) is 11.8 Å². The summed E-state index contributed by atoms with van der Waals surface area (Å²) in [4.78, 5) is 39.6. The van der Waals surface area contributed by atoms with E-state index < -0.39 is 23.9 Å². The van der Waals surface area contributed by atoms with Gasteiger partial charge < -0.3 is 37.9 Å². The van der Waals surface area contributed by atoms with Crippen LogP contribution < -0.4 is 23.7 Å². The van der Waals surface area contributed by atoms with Gasteiger partial charge in [0.25, 0.3) is 0 Å². The second kappa shape index (κ2) is 18.2. The van der Waals surface area contributed by atoms with Crippen LogP contribution in [0.1, 0.15) is 122 Å². The van der Waals surface area contributed by atoms with Crippen LogP contribution in [0, 0.1) is 25.7 Å². The molecule has 1 saturated heterocycles. The van der Waals surface area contributed by atoms with E-state index in [-0.39, 0.29) is 44.3 Å². The molecular formula is C48H56O11. The number of hydrogen-bond donors (Lipinski definition) is 0. The Bertz CT molecular complexity index is 2130. The largest absolute Gasteiger partial charge is 0.493 e. The van der Waals surface area contributed by atoms with Crippen LogP contribution in [-0.4, -0.2) is 52.6 Å². The zero-order valence-corrected chi connectivity index (χ0v) is 35.3. The summed E-state index contributed by atoms with van der Waals surface area (Å²) < 4.78 is 46.0. The SMILES string of the molecule is COc1cc([C@@H]2c3cc4c(cc3[C@H](OC(=O)CCCCCCCCC(=O)OCc3cc5c(C)ccc(C(C)C)cc-5c3C)C3COC(=O)C32)OCO4)cc(OC)c1OC. The third kappa shape index (κ3) is 8.66. The Hall–Kier alpha value is -5.45. The third-order valence-electron chi connectivity index (χ3n) is 12.2. The van der Waals surface area contributed by atoms with Gasteiger partial charge in [-0.05, 0) is 107 Å². The minimum absolute atomic E-state index is 0.0709. The standard InChI is InChI=1S/C48H56O11/c1-27(2)30-17-16-28(3)33-19-32(29(4)34(33)18-30)24-55-42(49)14-12-10-8-9-11-13-15-43(50)59-46-36-23-39-38(57-26-58-39)22-35(36)44(45-37(46)25-56-48(45)51)31-20-40(52-5)47(54-7)41(21-31)53-6/h16-23,27,37,44-46H,8-15,24-26H2,1-7H3/t37?,44-,45?,46+/m1/s1. The predicted molar refractivity (Wildman–Crippen MR) is 221 cm³/mol. The van der Waals surface area contributed by atoms with Crippen LogP contribution in [-0.2, 0) is 35.2 Å². The maximum atomic E-state index is 13.5. The fourth-order valence-corrected chi connectivity index (χ4v) is 8.90. The number of rotatable bonds is 17. The Morgan fingerprint density at radius 2 is 1.39 bits per heavy atom. The number of esters is 3. The van der Waals surface area contributed by atoms with Gasteiger partial charge in [-0.15, -0.1) is 0 Å². The molecule has 0 saturated carbocycles. The number of benzene rings is 2. The highest BCUT2D eigenvalue weighted by Crippen LogP contribution is 2.56. The van der Waals surface area contributed by atoms with E-state index in [1.807, 2.05) is 24.3 Å². The molecule has 1 fully saturated rings. The first kappa shape index (κ1) is 41.7. The zero-order valence-electron chi connectivity index (χ0n) is 35.3. The van der Waals surface area contributed by atoms with E-state index in [1.54, 1.807) is 21.3 Å². The van der Waals surface area contributed by atoms with Gasteiger partial charge in [0.1, 0.15) is 12.7 Å². The van der Waals surface area contributed by atoms with E-state index >= 15 is 0 Å². The van der Waals surface area contributed by atoms with E-state index in [0.29, 0.717) is 47.5 Å². The molecule has 4 atom stereocenters. The molecule has 2 aromatic carbocycles. The van der Waals surface area contributed by atoms with E-state index in [0.717, 1.165) is 54.4 Å². The highest BCUT2D eigenvalue weighted by molar-refractivity contribution is 5.80. The number of fused-ring (bicyclic) bond motifs is 4. The van der Waals surface area contributed by atoms with Crippen LogP contribution in [0.15, 0.2) is 48.5 Å². The van der Waals surface area contributed by atoms with Crippen molar-refractivity contribution in [2.75, 3.05) is 34.7 Å². The summed E-state index contributed by atoms with van der Waals surface area (Å²) >= 11 is 0. The second-order valence-electron chi connectivity index (χ2n) is 16.2. The average molecular weight is 809 g/mol. The minimum atomic E-state index is -0.714. The van der Waals surface area contributed by atoms with Gasteiger partial charge in [-0.2, -0.15) is 0 Å². The van der Waals surface area contributed by atoms with Gasteiger partial charge in [0, 0.05) is 30.2 Å². The summed E-state index contributed by atoms with van der Waals surface area (Å²) in [5.41, 5.74) is 9.46. The zero-order chi connectivity index (χ0) is 41.8. The number of hydrogen-bond acceptors (Lipinski definition) is 11. The Morgan fingerprint density at radius 3 is 2.03 bits per heavy atom. The third-order valence-corrected chi connectivity index (χ3v) is 12.2. The van der Waals surface area contributed by atoms with Crippen molar-refractivity contribution in [3.05, 3.63) is 87.5 Å². The second-order valence-corrected chi connectivity index (χ2v) is 16.2. The van der Waals surface area contributed by atoms with Crippen LogP contribution in [0.25, 0.3) is 11.1 Å². The van der Waals surface area contributed by atoms with Gasteiger partial charge in [-0.3, -0.25) is 14.4 Å². The molecule has 11 heteroatoms. The molecule has 2 aromatic rings. The fourth-order valence-electron chi connectivity index (χ4n) is 8.90. The maximum Gasteiger partial charge on any atom is 0.310 e. The summed E-state index contributed by atoms with van der Waals surface area (Å²) in [5.74, 6) is 0.506. The van der Waals surface area contributed by atoms with Crippen molar-refractivity contribution >= 4 is 17.9 Å². The lowest BCUT2D eigenvalue weighted by Gasteiger charge is -2.38. The molecule has 0 aromatic heterocycles. The first-order chi connectivity index (χ1) is 28.5. The van der Waals surface area contributed by atoms with Crippen molar-refractivity contribution in [1.82, 2.24) is 0 Å². The smallest absolute Gasteiger partial charge is 0.310 e. The Kier molecular flexibility index (Phi) is 12.9. The van der Waals surface area contributed by atoms with Crippen molar-refractivity contribution in [1.29, 1.82) is 0 Å². The van der Waals surface area contributed by atoms with Crippen LogP contribution in [0.5, 0.6) is 28.7 Å². The predicted octanol–water partition coefficient (Wildman–Crippen LogP) is 9.67. The molecule has 0 radical (unpaired) electrons. The number of unbranched alkanes of at least 4 members (excludes halogenated alkanes) is 5. The van der Waals surface area contributed by atoms with Gasteiger partial charge in [0.15, 0.2) is 23.0 Å². The van der Waals surface area contributed by atoms with Gasteiger partial charge in [-0.25, -0.2) is 0 Å². The number of methoxy groups -OCH3 is 3. The summed E-state index contributed by atoms with van der Waals surface area (Å²) in [5, 5.41) is 0. The van der Waals surface area contributed by atoms with Crippen molar-refractivity contribution in [3.63, 3.8) is 0 Å². The summed E-state index contributed by atoms with van der Waals surface area (Å²) in [6, 6.07) is 16.2. The molecule has 0 spiro atoms. The molecule has 59 heavy (non-hydrogen) atoms. The summed E-state index contributed by atoms with van der Waals surface area (Å²) in [6.45, 7) is 9.10. The van der Waals surface area contributed by atoms with Crippen molar-refractivity contribution in [2.45, 2.75) is 104 Å². The van der Waals surface area contributed by atoms with Crippen molar-refractivity contribution in [3.8, 4) is 39.9 Å². The van der Waals surface area contributed by atoms with Gasteiger partial charge in [0.05, 0.1) is 33.9 Å². The normalized spacial score (nSPS) is 18.9. The number of aryl methyl sites for hydroxylation is 1. The first-order valence-corrected chi connectivity index (χ1v) is 20.8. The quantitative estimate of drug-likeness (QED) is 0.0575. The maximum absolute atomic E-state index is 13.5. The van der Waals surface area contributed by atoms with E-state index in [1.165, 1.54) is 27.8 Å². The molecule has 0 N–H and O–H groups in total. The minimum Gasteiger partial charge on any atom is -0.493 e. The number of ether oxygens (including phenoxy) is 8. The lowest BCUT2D eigenvalue weighted by molar-refractivity contribution is -0.154. The Labute approximate surface area is 346 Å². The highest BCUT2D eigenvalue weighted by atomic mass is 16.7.